The number of nitrogens with one attached hydrogen (secondary N) is 2. The lowest BCUT2D eigenvalue weighted by atomic mass is 10.2. The van der Waals surface area contributed by atoms with E-state index in [0.29, 0.717) is 5.69 Å². The maximum absolute atomic E-state index is 11.6. The number of hydrazone groups is 1. The molecule has 1 heterocycles. The van der Waals surface area contributed by atoms with Gasteiger partial charge in [0.05, 0.1) is 18.5 Å². The molecule has 0 spiro atoms. The average molecular weight is 361 g/mol. The SMILES string of the molecule is O=C(NCc1ccccn1)C(=O)NN=Cc1ccc(Br)cc1. The van der Waals surface area contributed by atoms with Crippen molar-refractivity contribution < 1.29 is 9.59 Å². The minimum Gasteiger partial charge on any atom is -0.342 e. The van der Waals surface area contributed by atoms with Gasteiger partial charge >= 0.3 is 11.8 Å². The van der Waals surface area contributed by atoms with E-state index in [1.54, 1.807) is 24.4 Å². The van der Waals surface area contributed by atoms with Gasteiger partial charge in [0, 0.05) is 10.7 Å². The molecule has 2 N–H and O–H groups in total. The van der Waals surface area contributed by atoms with Crippen LogP contribution in [0.2, 0.25) is 0 Å². The molecule has 112 valence electrons. The molecule has 1 aromatic heterocycles. The van der Waals surface area contributed by atoms with E-state index in [2.05, 4.69) is 36.8 Å². The summed E-state index contributed by atoms with van der Waals surface area (Å²) >= 11 is 3.32. The minimum absolute atomic E-state index is 0.184. The van der Waals surface area contributed by atoms with E-state index < -0.39 is 11.8 Å². The van der Waals surface area contributed by atoms with E-state index in [-0.39, 0.29) is 6.54 Å². The number of pyridine rings is 1. The first-order valence-electron chi connectivity index (χ1n) is 6.42. The third-order valence-corrected chi connectivity index (χ3v) is 3.14. The summed E-state index contributed by atoms with van der Waals surface area (Å²) in [5.74, 6) is -1.59. The number of benzene rings is 1. The van der Waals surface area contributed by atoms with Gasteiger partial charge in [0.25, 0.3) is 0 Å². The van der Waals surface area contributed by atoms with Gasteiger partial charge in [0.15, 0.2) is 0 Å². The van der Waals surface area contributed by atoms with Gasteiger partial charge < -0.3 is 5.32 Å². The Balaban J connectivity index is 1.79. The van der Waals surface area contributed by atoms with Gasteiger partial charge in [-0.2, -0.15) is 5.10 Å². The molecule has 0 saturated heterocycles. The van der Waals surface area contributed by atoms with Crippen molar-refractivity contribution in [2.24, 2.45) is 5.10 Å². The number of hydrogen-bond acceptors (Lipinski definition) is 4. The molecule has 0 aliphatic heterocycles. The summed E-state index contributed by atoms with van der Waals surface area (Å²) in [6.07, 6.45) is 3.07. The highest BCUT2D eigenvalue weighted by molar-refractivity contribution is 9.10. The molecule has 0 aliphatic carbocycles. The summed E-state index contributed by atoms with van der Waals surface area (Å²) < 4.78 is 0.947. The molecule has 2 amide bonds. The topological polar surface area (TPSA) is 83.5 Å². The van der Waals surface area contributed by atoms with Gasteiger partial charge in [-0.15, -0.1) is 0 Å². The number of halogens is 1. The molecule has 2 rings (SSSR count). The highest BCUT2D eigenvalue weighted by Gasteiger charge is 2.11. The second-order valence-electron chi connectivity index (χ2n) is 4.25. The van der Waals surface area contributed by atoms with Crippen LogP contribution in [0.3, 0.4) is 0 Å². The van der Waals surface area contributed by atoms with Crippen LogP contribution >= 0.6 is 15.9 Å². The second-order valence-corrected chi connectivity index (χ2v) is 5.17. The molecule has 6 nitrogen and oxygen atoms in total. The lowest BCUT2D eigenvalue weighted by Gasteiger charge is -2.03. The van der Waals surface area contributed by atoms with E-state index in [0.717, 1.165) is 10.0 Å². The van der Waals surface area contributed by atoms with E-state index in [1.807, 2.05) is 24.3 Å². The first-order chi connectivity index (χ1) is 10.6. The molecule has 7 heteroatoms. The van der Waals surface area contributed by atoms with E-state index in [9.17, 15) is 9.59 Å². The lowest BCUT2D eigenvalue weighted by molar-refractivity contribution is -0.139. The molecule has 0 saturated carbocycles. The highest BCUT2D eigenvalue weighted by Crippen LogP contribution is 2.08. The fraction of sp³-hybridized carbons (Fsp3) is 0.0667. The predicted molar refractivity (Wildman–Crippen MR) is 86.0 cm³/mol. The Labute approximate surface area is 135 Å². The number of aromatic nitrogens is 1. The zero-order valence-corrected chi connectivity index (χ0v) is 13.1. The zero-order chi connectivity index (χ0) is 15.8. The Morgan fingerprint density at radius 2 is 1.91 bits per heavy atom. The van der Waals surface area contributed by atoms with Gasteiger partial charge in [0.2, 0.25) is 0 Å². The molecular weight excluding hydrogens is 348 g/mol. The Hall–Kier alpha value is -2.54. The summed E-state index contributed by atoms with van der Waals surface area (Å²) in [5, 5.41) is 6.19. The van der Waals surface area contributed by atoms with Crippen molar-refractivity contribution in [3.8, 4) is 0 Å². The summed E-state index contributed by atoms with van der Waals surface area (Å²) in [6, 6.07) is 12.7. The molecule has 0 atom stereocenters. The number of amides is 2. The molecule has 22 heavy (non-hydrogen) atoms. The van der Waals surface area contributed by atoms with Gasteiger partial charge in [0.1, 0.15) is 0 Å². The van der Waals surface area contributed by atoms with Crippen LogP contribution in [0.5, 0.6) is 0 Å². The monoisotopic (exact) mass is 360 g/mol. The molecule has 0 bridgehead atoms. The molecule has 0 unspecified atom stereocenters. The molecule has 0 radical (unpaired) electrons. The number of rotatable bonds is 4. The summed E-state index contributed by atoms with van der Waals surface area (Å²) in [6.45, 7) is 0.184. The maximum atomic E-state index is 11.6. The normalized spacial score (nSPS) is 10.4. The molecule has 0 aliphatic rings. The molecule has 2 aromatic rings. The lowest BCUT2D eigenvalue weighted by Crippen LogP contribution is -2.37. The predicted octanol–water partition coefficient (Wildman–Crippen LogP) is 1.61. The van der Waals surface area contributed by atoms with Crippen LogP contribution in [-0.4, -0.2) is 23.0 Å². The van der Waals surface area contributed by atoms with Crippen LogP contribution in [-0.2, 0) is 16.1 Å². The first kappa shape index (κ1) is 15.8. The smallest absolute Gasteiger partial charge is 0.329 e. The Morgan fingerprint density at radius 1 is 1.14 bits per heavy atom. The van der Waals surface area contributed by atoms with Gasteiger partial charge in [-0.3, -0.25) is 14.6 Å². The van der Waals surface area contributed by atoms with E-state index >= 15 is 0 Å². The van der Waals surface area contributed by atoms with Gasteiger partial charge in [-0.05, 0) is 29.8 Å². The number of carbonyl (C=O) groups excluding carboxylic acids is 2. The van der Waals surface area contributed by atoms with Gasteiger partial charge in [-0.25, -0.2) is 5.43 Å². The summed E-state index contributed by atoms with van der Waals surface area (Å²) in [5.41, 5.74) is 3.64. The summed E-state index contributed by atoms with van der Waals surface area (Å²) in [4.78, 5) is 27.2. The minimum atomic E-state index is -0.829. The number of nitrogens with zero attached hydrogens (tertiary/aromatic N) is 2. The van der Waals surface area contributed by atoms with E-state index in [1.165, 1.54) is 6.21 Å². The number of hydrogen-bond donors (Lipinski definition) is 2. The molecule has 1 aromatic carbocycles. The first-order valence-corrected chi connectivity index (χ1v) is 7.21. The standard InChI is InChI=1S/C15H13BrN4O2/c16-12-6-4-11(5-7-12)9-19-20-15(22)14(21)18-10-13-3-1-2-8-17-13/h1-9H,10H2,(H,18,21)(H,20,22). The van der Waals surface area contributed by atoms with Crippen LogP contribution in [0.15, 0.2) is 58.2 Å². The molecular formula is C15H13BrN4O2. The zero-order valence-electron chi connectivity index (χ0n) is 11.5. The Bertz CT molecular complexity index is 672. The fourth-order valence-corrected chi connectivity index (χ4v) is 1.78. The Morgan fingerprint density at radius 3 is 2.59 bits per heavy atom. The Kier molecular flexibility index (Phi) is 5.79. The van der Waals surface area contributed by atoms with Crippen LogP contribution in [0.1, 0.15) is 11.3 Å². The van der Waals surface area contributed by atoms with Crippen molar-refractivity contribution in [2.75, 3.05) is 0 Å². The summed E-state index contributed by atoms with van der Waals surface area (Å²) in [7, 11) is 0. The average Bonchev–Trinajstić information content (AvgIpc) is 2.55. The van der Waals surface area contributed by atoms with Crippen LogP contribution < -0.4 is 10.7 Å². The maximum Gasteiger partial charge on any atom is 0.329 e. The van der Waals surface area contributed by atoms with Gasteiger partial charge in [-0.1, -0.05) is 34.1 Å². The van der Waals surface area contributed by atoms with Crippen molar-refractivity contribution in [2.45, 2.75) is 6.54 Å². The highest BCUT2D eigenvalue weighted by atomic mass is 79.9. The van der Waals surface area contributed by atoms with Crippen molar-refractivity contribution in [1.29, 1.82) is 0 Å². The van der Waals surface area contributed by atoms with E-state index in [4.69, 9.17) is 0 Å². The van der Waals surface area contributed by atoms with Crippen molar-refractivity contribution in [3.63, 3.8) is 0 Å². The van der Waals surface area contributed by atoms with Crippen molar-refractivity contribution in [3.05, 3.63) is 64.4 Å². The van der Waals surface area contributed by atoms with Crippen LogP contribution in [0.25, 0.3) is 0 Å². The third kappa shape index (κ3) is 5.10. The number of carbonyl (C=O) groups is 2. The van der Waals surface area contributed by atoms with Crippen molar-refractivity contribution in [1.82, 2.24) is 15.7 Å². The third-order valence-electron chi connectivity index (χ3n) is 2.61. The second kappa shape index (κ2) is 8.04. The largest absolute Gasteiger partial charge is 0.342 e. The quantitative estimate of drug-likeness (QED) is 0.493. The van der Waals surface area contributed by atoms with Crippen LogP contribution in [0, 0.1) is 0 Å². The van der Waals surface area contributed by atoms with Crippen LogP contribution in [0.4, 0.5) is 0 Å². The fourth-order valence-electron chi connectivity index (χ4n) is 1.52. The molecule has 0 fully saturated rings. The van der Waals surface area contributed by atoms with Crippen molar-refractivity contribution >= 4 is 34.0 Å².